The molecule has 0 bridgehead atoms. The number of hydrogen-bond donors (Lipinski definition) is 2. The number of phenols is 2. The van der Waals surface area contributed by atoms with Crippen molar-refractivity contribution >= 4 is 0 Å². The topological polar surface area (TPSA) is 58.9 Å². The zero-order chi connectivity index (χ0) is 33.2. The Morgan fingerprint density at radius 2 is 1.26 bits per heavy atom. The first-order valence-corrected chi connectivity index (χ1v) is 18.3. The summed E-state index contributed by atoms with van der Waals surface area (Å²) in [5.41, 5.74) is 6.95. The van der Waals surface area contributed by atoms with Crippen LogP contribution >= 0.6 is 0 Å². The Balaban J connectivity index is 0.000000181. The molecule has 0 saturated heterocycles. The van der Waals surface area contributed by atoms with E-state index >= 15 is 0 Å². The third-order valence-electron chi connectivity index (χ3n) is 11.2. The second kappa shape index (κ2) is 14.1. The van der Waals surface area contributed by atoms with E-state index in [2.05, 4.69) is 79.7 Å². The Bertz CT molecular complexity index is 1440. The fourth-order valence-corrected chi connectivity index (χ4v) is 8.65. The van der Waals surface area contributed by atoms with E-state index in [0.717, 1.165) is 61.2 Å². The number of phenolic OH excluding ortho intramolecular Hbond substituents is 2. The number of aryl methyl sites for hydroxylation is 2. The molecule has 2 heterocycles. The maximum Gasteiger partial charge on any atom is 0.127 e. The van der Waals surface area contributed by atoms with Crippen LogP contribution in [0.15, 0.2) is 47.6 Å². The van der Waals surface area contributed by atoms with E-state index in [1.165, 1.54) is 60.8 Å². The van der Waals surface area contributed by atoms with Crippen molar-refractivity contribution in [1.82, 2.24) is 0 Å². The van der Waals surface area contributed by atoms with E-state index in [9.17, 15) is 10.2 Å². The summed E-state index contributed by atoms with van der Waals surface area (Å²) in [6.07, 6.45) is 18.3. The zero-order valence-corrected chi connectivity index (χ0v) is 30.0. The minimum absolute atomic E-state index is 0.177. The third-order valence-corrected chi connectivity index (χ3v) is 11.2. The number of rotatable bonds is 8. The van der Waals surface area contributed by atoms with Gasteiger partial charge in [0.05, 0.1) is 0 Å². The largest absolute Gasteiger partial charge is 0.508 e. The molecule has 0 fully saturated rings. The van der Waals surface area contributed by atoms with E-state index < -0.39 is 0 Å². The SMILES string of the molecule is CCCCCc1cc(O)c2c(c1)OC(C)(C)C1CCC(C)=CC21.CCCCCc1cc(O)c2c(c1)OC(C)(C)[C@@H]1CC=C(C)C[C@@H]21. The van der Waals surface area contributed by atoms with Crippen LogP contribution in [0.3, 0.4) is 0 Å². The lowest BCUT2D eigenvalue weighted by molar-refractivity contribution is 0.00749. The number of fused-ring (bicyclic) bond motifs is 6. The van der Waals surface area contributed by atoms with Crippen LogP contribution in [0, 0.1) is 11.8 Å². The minimum Gasteiger partial charge on any atom is -0.508 e. The third kappa shape index (κ3) is 7.32. The van der Waals surface area contributed by atoms with Gasteiger partial charge >= 0.3 is 0 Å². The molecule has 252 valence electrons. The Kier molecular flexibility index (Phi) is 10.5. The van der Waals surface area contributed by atoms with Gasteiger partial charge in [-0.15, -0.1) is 0 Å². The van der Waals surface area contributed by atoms with Crippen LogP contribution in [0.1, 0.15) is 154 Å². The van der Waals surface area contributed by atoms with Crippen LogP contribution < -0.4 is 9.47 Å². The van der Waals surface area contributed by atoms with Crippen molar-refractivity contribution in [3.8, 4) is 23.0 Å². The molecule has 0 radical (unpaired) electrons. The molecule has 0 amide bonds. The molecule has 2 aliphatic carbocycles. The van der Waals surface area contributed by atoms with Gasteiger partial charge in [-0.3, -0.25) is 0 Å². The predicted molar refractivity (Wildman–Crippen MR) is 191 cm³/mol. The highest BCUT2D eigenvalue weighted by Crippen LogP contribution is 2.55. The monoisotopic (exact) mass is 628 g/mol. The molecule has 46 heavy (non-hydrogen) atoms. The first-order valence-electron chi connectivity index (χ1n) is 18.3. The minimum atomic E-state index is -0.177. The maximum atomic E-state index is 10.7. The van der Waals surface area contributed by atoms with Gasteiger partial charge in [0.2, 0.25) is 0 Å². The van der Waals surface area contributed by atoms with Crippen LogP contribution in [0.2, 0.25) is 0 Å². The van der Waals surface area contributed by atoms with Gasteiger partial charge in [-0.2, -0.15) is 0 Å². The fraction of sp³-hybridized carbons (Fsp3) is 0.619. The molecule has 0 spiro atoms. The summed E-state index contributed by atoms with van der Waals surface area (Å²) >= 11 is 0. The maximum absolute atomic E-state index is 10.7. The number of benzene rings is 2. The first kappa shape index (κ1) is 34.5. The molecule has 6 rings (SSSR count). The number of hydrogen-bond acceptors (Lipinski definition) is 4. The highest BCUT2D eigenvalue weighted by Gasteiger charge is 2.46. The number of allylic oxidation sites excluding steroid dienone is 4. The second-order valence-corrected chi connectivity index (χ2v) is 15.8. The van der Waals surface area contributed by atoms with E-state index in [1.807, 2.05) is 12.1 Å². The van der Waals surface area contributed by atoms with Gasteiger partial charge in [0.25, 0.3) is 0 Å². The molecule has 2 unspecified atom stereocenters. The summed E-state index contributed by atoms with van der Waals surface area (Å²) in [6, 6.07) is 8.28. The predicted octanol–water partition coefficient (Wildman–Crippen LogP) is 11.5. The van der Waals surface area contributed by atoms with Crippen LogP contribution in [-0.4, -0.2) is 21.4 Å². The average Bonchev–Trinajstić information content (AvgIpc) is 2.96. The average molecular weight is 629 g/mol. The van der Waals surface area contributed by atoms with Crippen LogP contribution in [0.4, 0.5) is 0 Å². The van der Waals surface area contributed by atoms with Gasteiger partial charge in [-0.05, 0) is 128 Å². The van der Waals surface area contributed by atoms with Gasteiger partial charge in [0.15, 0.2) is 0 Å². The number of unbranched alkanes of at least 4 members (excludes halogenated alkanes) is 4. The summed E-state index contributed by atoms with van der Waals surface area (Å²) in [5.74, 6) is 4.22. The second-order valence-electron chi connectivity index (χ2n) is 15.8. The Hall–Kier alpha value is -2.88. The molecule has 2 aromatic carbocycles. The lowest BCUT2D eigenvalue weighted by atomic mass is 9.67. The van der Waals surface area contributed by atoms with Crippen LogP contribution in [-0.2, 0) is 12.8 Å². The van der Waals surface area contributed by atoms with Crippen molar-refractivity contribution in [3.63, 3.8) is 0 Å². The Morgan fingerprint density at radius 3 is 1.85 bits per heavy atom. The van der Waals surface area contributed by atoms with Crippen LogP contribution in [0.5, 0.6) is 23.0 Å². The molecule has 4 aliphatic rings. The first-order chi connectivity index (χ1) is 21.8. The quantitative estimate of drug-likeness (QED) is 0.226. The van der Waals surface area contributed by atoms with Gasteiger partial charge < -0.3 is 19.7 Å². The van der Waals surface area contributed by atoms with Crippen molar-refractivity contribution in [1.29, 1.82) is 0 Å². The van der Waals surface area contributed by atoms with Crippen molar-refractivity contribution in [2.75, 3.05) is 0 Å². The highest BCUT2D eigenvalue weighted by molar-refractivity contribution is 5.54. The fourth-order valence-electron chi connectivity index (χ4n) is 8.65. The van der Waals surface area contributed by atoms with E-state index in [0.29, 0.717) is 29.3 Å². The van der Waals surface area contributed by atoms with Crippen molar-refractivity contribution in [3.05, 3.63) is 69.8 Å². The normalized spacial score (nSPS) is 25.1. The lowest BCUT2D eigenvalue weighted by Crippen LogP contribution is -2.45. The van der Waals surface area contributed by atoms with Gasteiger partial charge in [-0.1, -0.05) is 62.8 Å². The molecule has 2 aromatic rings. The number of ether oxygens (including phenoxy) is 2. The Labute approximate surface area is 279 Å². The molecule has 4 nitrogen and oxygen atoms in total. The smallest absolute Gasteiger partial charge is 0.127 e. The molecule has 0 saturated carbocycles. The Morgan fingerprint density at radius 1 is 0.717 bits per heavy atom. The zero-order valence-electron chi connectivity index (χ0n) is 30.0. The summed E-state index contributed by atoms with van der Waals surface area (Å²) in [5, 5.41) is 21.4. The van der Waals surface area contributed by atoms with Gasteiger partial charge in [0.1, 0.15) is 34.2 Å². The molecular weight excluding hydrogens is 568 g/mol. The lowest BCUT2D eigenvalue weighted by Gasteiger charge is -2.47. The van der Waals surface area contributed by atoms with Gasteiger partial charge in [0, 0.05) is 34.8 Å². The van der Waals surface area contributed by atoms with Crippen molar-refractivity contribution in [2.24, 2.45) is 11.8 Å². The van der Waals surface area contributed by atoms with Crippen LogP contribution in [0.25, 0.3) is 0 Å². The molecule has 2 N–H and O–H groups in total. The molecule has 0 aromatic heterocycles. The number of aromatic hydroxyl groups is 2. The highest BCUT2D eigenvalue weighted by atomic mass is 16.5. The summed E-state index contributed by atoms with van der Waals surface area (Å²) in [7, 11) is 0. The molecule has 4 atom stereocenters. The molecular formula is C42H60O4. The van der Waals surface area contributed by atoms with Gasteiger partial charge in [-0.25, -0.2) is 0 Å². The van der Waals surface area contributed by atoms with Crippen molar-refractivity contribution < 1.29 is 19.7 Å². The summed E-state index contributed by atoms with van der Waals surface area (Å²) in [4.78, 5) is 0. The summed E-state index contributed by atoms with van der Waals surface area (Å²) < 4.78 is 12.7. The summed E-state index contributed by atoms with van der Waals surface area (Å²) in [6.45, 7) is 17.6. The van der Waals surface area contributed by atoms with Crippen molar-refractivity contribution in [2.45, 2.75) is 155 Å². The van der Waals surface area contributed by atoms with E-state index in [-0.39, 0.29) is 17.1 Å². The molecule has 2 aliphatic heterocycles. The molecule has 4 heteroatoms. The van der Waals surface area contributed by atoms with E-state index in [1.54, 1.807) is 0 Å². The van der Waals surface area contributed by atoms with E-state index in [4.69, 9.17) is 9.47 Å². The standard InChI is InChI=1S/2C21H30O2/c2*1-5-6-7-8-15-12-18(22)20-16-11-14(2)9-10-17(16)21(3,4)23-19(20)13-15/h11-13,16-17,22H,5-10H2,1-4H3;9,12-13,16-17,22H,5-8,10-11H2,1-4H3/t;16-,17-/m.1/s1.